The largest absolute Gasteiger partial charge is 0.491 e. The first-order valence-corrected chi connectivity index (χ1v) is 8.40. The fraction of sp³-hybridized carbons (Fsp3) is 0.450. The van der Waals surface area contributed by atoms with Crippen LogP contribution in [-0.2, 0) is 15.9 Å². The number of allylic oxidation sites excluding steroid dienone is 1. The minimum absolute atomic E-state index is 0.139. The van der Waals surface area contributed by atoms with E-state index in [9.17, 15) is 15.3 Å². The first kappa shape index (κ1) is 21.1. The van der Waals surface area contributed by atoms with E-state index in [1.807, 2.05) is 42.5 Å². The van der Waals surface area contributed by atoms with Gasteiger partial charge in [-0.15, -0.1) is 0 Å². The van der Waals surface area contributed by atoms with Crippen LogP contribution in [-0.4, -0.2) is 23.8 Å². The Hall–Kier alpha value is -2.99. The van der Waals surface area contributed by atoms with Gasteiger partial charge in [0.05, 0.1) is 12.1 Å². The molecule has 0 aliphatic rings. The van der Waals surface area contributed by atoms with E-state index in [-0.39, 0.29) is 17.4 Å². The maximum atomic E-state index is 12.3. The van der Waals surface area contributed by atoms with Crippen LogP contribution in [0.15, 0.2) is 41.7 Å². The highest BCUT2D eigenvalue weighted by atomic mass is 16.6. The number of nitrogens with one attached hydrogen (secondary N) is 1. The first-order valence-electron chi connectivity index (χ1n) is 8.40. The van der Waals surface area contributed by atoms with E-state index >= 15 is 0 Å². The summed E-state index contributed by atoms with van der Waals surface area (Å²) in [4.78, 5) is 12.3. The fourth-order valence-electron chi connectivity index (χ4n) is 2.21. The zero-order valence-electron chi connectivity index (χ0n) is 15.9. The van der Waals surface area contributed by atoms with E-state index in [4.69, 9.17) is 9.47 Å². The van der Waals surface area contributed by atoms with Gasteiger partial charge in [-0.05, 0) is 40.2 Å². The van der Waals surface area contributed by atoms with Gasteiger partial charge in [-0.25, -0.2) is 4.79 Å². The summed E-state index contributed by atoms with van der Waals surface area (Å²) in [5.41, 5.74) is 0.0848. The lowest BCUT2D eigenvalue weighted by Crippen LogP contribution is -2.42. The standard InChI is InChI=1S/C20H25N3O3/c1-14(2)25-18(16(12-21)13-22)17(11-15-9-7-6-8-10-15)23-19(24)26-20(3,4)5/h6-10,14,17H,11H2,1-5H3,(H,23,24)/t17-/m0/s1. The van der Waals surface area contributed by atoms with E-state index < -0.39 is 17.7 Å². The summed E-state index contributed by atoms with van der Waals surface area (Å²) in [5.74, 6) is 0.139. The average molecular weight is 355 g/mol. The second-order valence-electron chi connectivity index (χ2n) is 7.02. The molecule has 26 heavy (non-hydrogen) atoms. The quantitative estimate of drug-likeness (QED) is 0.618. The number of amides is 1. The maximum Gasteiger partial charge on any atom is 0.408 e. The van der Waals surface area contributed by atoms with Crippen LogP contribution in [0, 0.1) is 22.7 Å². The lowest BCUT2D eigenvalue weighted by molar-refractivity contribution is 0.0475. The monoisotopic (exact) mass is 355 g/mol. The molecular formula is C20H25N3O3. The highest BCUT2D eigenvalue weighted by molar-refractivity contribution is 5.69. The Morgan fingerprint density at radius 1 is 1.15 bits per heavy atom. The van der Waals surface area contributed by atoms with Gasteiger partial charge >= 0.3 is 6.09 Å². The number of hydrogen-bond acceptors (Lipinski definition) is 5. The van der Waals surface area contributed by atoms with Gasteiger partial charge in [0.2, 0.25) is 0 Å². The lowest BCUT2D eigenvalue weighted by Gasteiger charge is -2.26. The number of rotatable bonds is 6. The number of nitriles is 2. The summed E-state index contributed by atoms with van der Waals surface area (Å²) in [6.45, 7) is 8.86. The molecule has 1 aromatic carbocycles. The topological polar surface area (TPSA) is 95.1 Å². The van der Waals surface area contributed by atoms with Gasteiger partial charge < -0.3 is 14.8 Å². The van der Waals surface area contributed by atoms with Crippen molar-refractivity contribution in [2.45, 2.75) is 58.8 Å². The van der Waals surface area contributed by atoms with Crippen molar-refractivity contribution in [1.82, 2.24) is 5.32 Å². The van der Waals surface area contributed by atoms with Gasteiger partial charge in [0.1, 0.15) is 23.5 Å². The molecule has 1 N–H and O–H groups in total. The summed E-state index contributed by atoms with van der Waals surface area (Å²) in [6, 6.07) is 12.4. The van der Waals surface area contributed by atoms with Crippen molar-refractivity contribution < 1.29 is 14.3 Å². The van der Waals surface area contributed by atoms with Crippen LogP contribution >= 0.6 is 0 Å². The van der Waals surface area contributed by atoms with Crippen molar-refractivity contribution in [3.05, 3.63) is 47.2 Å². The molecule has 1 aromatic rings. The Kier molecular flexibility index (Phi) is 7.68. The Balaban J connectivity index is 3.23. The molecule has 0 fully saturated rings. The van der Waals surface area contributed by atoms with Crippen LogP contribution < -0.4 is 5.32 Å². The highest BCUT2D eigenvalue weighted by Crippen LogP contribution is 2.18. The molecular weight excluding hydrogens is 330 g/mol. The van der Waals surface area contributed by atoms with Crippen LogP contribution in [0.5, 0.6) is 0 Å². The number of carbonyl (C=O) groups is 1. The van der Waals surface area contributed by atoms with E-state index in [1.54, 1.807) is 34.6 Å². The molecule has 1 amide bonds. The first-order chi connectivity index (χ1) is 12.2. The molecule has 0 aliphatic carbocycles. The maximum absolute atomic E-state index is 12.3. The normalized spacial score (nSPS) is 11.7. The Labute approximate surface area is 155 Å². The second kappa shape index (κ2) is 9.48. The van der Waals surface area contributed by atoms with Crippen molar-refractivity contribution >= 4 is 6.09 Å². The lowest BCUT2D eigenvalue weighted by atomic mass is 10.0. The number of benzene rings is 1. The van der Waals surface area contributed by atoms with Crippen molar-refractivity contribution in [2.24, 2.45) is 0 Å². The zero-order chi connectivity index (χ0) is 19.7. The number of alkyl carbamates (subject to hydrolysis) is 1. The summed E-state index contributed by atoms with van der Waals surface area (Å²) in [5, 5.41) is 21.3. The third kappa shape index (κ3) is 7.27. The molecule has 0 heterocycles. The van der Waals surface area contributed by atoms with E-state index in [1.165, 1.54) is 0 Å². The number of ether oxygens (including phenoxy) is 2. The second-order valence-corrected chi connectivity index (χ2v) is 7.02. The van der Waals surface area contributed by atoms with Crippen molar-refractivity contribution in [2.75, 3.05) is 0 Å². The fourth-order valence-corrected chi connectivity index (χ4v) is 2.21. The minimum atomic E-state index is -0.705. The molecule has 0 radical (unpaired) electrons. The third-order valence-corrected chi connectivity index (χ3v) is 3.12. The Bertz CT molecular complexity index is 703. The third-order valence-electron chi connectivity index (χ3n) is 3.12. The highest BCUT2D eigenvalue weighted by Gasteiger charge is 2.26. The Morgan fingerprint density at radius 2 is 1.73 bits per heavy atom. The Morgan fingerprint density at radius 3 is 2.19 bits per heavy atom. The summed E-state index contributed by atoms with van der Waals surface area (Å²) >= 11 is 0. The predicted octanol–water partition coefficient (Wildman–Crippen LogP) is 3.85. The van der Waals surface area contributed by atoms with Crippen LogP contribution in [0.3, 0.4) is 0 Å². The zero-order valence-corrected chi connectivity index (χ0v) is 15.9. The SMILES string of the molecule is CC(C)OC(=C(C#N)C#N)[C@H](Cc1ccccc1)NC(=O)OC(C)(C)C. The van der Waals surface area contributed by atoms with E-state index in [0.29, 0.717) is 6.42 Å². The molecule has 6 nitrogen and oxygen atoms in total. The number of nitrogens with zero attached hydrogens (tertiary/aromatic N) is 2. The summed E-state index contributed by atoms with van der Waals surface area (Å²) < 4.78 is 11.0. The van der Waals surface area contributed by atoms with Crippen molar-refractivity contribution in [3.8, 4) is 12.1 Å². The van der Waals surface area contributed by atoms with Crippen molar-refractivity contribution in [3.63, 3.8) is 0 Å². The molecule has 0 unspecified atom stereocenters. The molecule has 1 rings (SSSR count). The van der Waals surface area contributed by atoms with Gasteiger partial charge in [0, 0.05) is 6.42 Å². The predicted molar refractivity (Wildman–Crippen MR) is 97.8 cm³/mol. The van der Waals surface area contributed by atoms with Gasteiger partial charge in [0.25, 0.3) is 0 Å². The number of hydrogen-bond donors (Lipinski definition) is 1. The molecule has 0 aliphatic heterocycles. The van der Waals surface area contributed by atoms with Gasteiger partial charge in [-0.1, -0.05) is 30.3 Å². The van der Waals surface area contributed by atoms with Crippen LogP contribution in [0.2, 0.25) is 0 Å². The van der Waals surface area contributed by atoms with Crippen LogP contribution in [0.25, 0.3) is 0 Å². The molecule has 0 spiro atoms. The molecule has 0 aromatic heterocycles. The minimum Gasteiger partial charge on any atom is -0.491 e. The van der Waals surface area contributed by atoms with Gasteiger partial charge in [0.15, 0.2) is 5.57 Å². The molecule has 0 saturated heterocycles. The smallest absolute Gasteiger partial charge is 0.408 e. The molecule has 6 heteroatoms. The summed E-state index contributed by atoms with van der Waals surface area (Å²) in [6.07, 6.45) is -0.548. The molecule has 0 bridgehead atoms. The van der Waals surface area contributed by atoms with Gasteiger partial charge in [-0.2, -0.15) is 10.5 Å². The number of carbonyl (C=O) groups excluding carboxylic acids is 1. The van der Waals surface area contributed by atoms with E-state index in [0.717, 1.165) is 5.56 Å². The molecule has 1 atom stereocenters. The summed E-state index contributed by atoms with van der Waals surface area (Å²) in [7, 11) is 0. The van der Waals surface area contributed by atoms with Crippen LogP contribution in [0.4, 0.5) is 4.79 Å². The average Bonchev–Trinajstić information content (AvgIpc) is 2.53. The van der Waals surface area contributed by atoms with Crippen LogP contribution in [0.1, 0.15) is 40.2 Å². The molecule has 138 valence electrons. The van der Waals surface area contributed by atoms with Crippen molar-refractivity contribution in [1.29, 1.82) is 10.5 Å². The van der Waals surface area contributed by atoms with Gasteiger partial charge in [-0.3, -0.25) is 0 Å². The van der Waals surface area contributed by atoms with E-state index in [2.05, 4.69) is 5.32 Å². The molecule has 0 saturated carbocycles.